The zero-order chi connectivity index (χ0) is 22.6. The molecule has 1 saturated heterocycles. The minimum absolute atomic E-state index is 0.0842. The number of amides is 2. The molecule has 31 heavy (non-hydrogen) atoms. The second kappa shape index (κ2) is 9.13. The molecule has 0 spiro atoms. The molecular formula is C23H28N6O2. The summed E-state index contributed by atoms with van der Waals surface area (Å²) in [5.41, 5.74) is 0.607. The number of anilines is 1. The summed E-state index contributed by atoms with van der Waals surface area (Å²) in [6.45, 7) is 9.48. The highest BCUT2D eigenvalue weighted by Gasteiger charge is 2.38. The van der Waals surface area contributed by atoms with Crippen molar-refractivity contribution < 1.29 is 9.59 Å². The second-order valence-electron chi connectivity index (χ2n) is 8.66. The third kappa shape index (κ3) is 5.00. The van der Waals surface area contributed by atoms with Crippen LogP contribution in [0.3, 0.4) is 0 Å². The maximum Gasteiger partial charge on any atom is 0.318 e. The van der Waals surface area contributed by atoms with Crippen molar-refractivity contribution in [3.8, 4) is 6.07 Å². The maximum absolute atomic E-state index is 13.0. The molecule has 1 aromatic heterocycles. The summed E-state index contributed by atoms with van der Waals surface area (Å²) in [5, 5.41) is 11.9. The number of benzene rings is 1. The molecule has 1 unspecified atom stereocenters. The van der Waals surface area contributed by atoms with E-state index in [0.29, 0.717) is 36.7 Å². The van der Waals surface area contributed by atoms with Gasteiger partial charge in [0, 0.05) is 37.6 Å². The Morgan fingerprint density at radius 2 is 1.77 bits per heavy atom. The molecule has 1 aliphatic heterocycles. The van der Waals surface area contributed by atoms with Gasteiger partial charge in [-0.15, -0.1) is 0 Å². The number of carbonyl (C=O) groups is 2. The molecule has 8 heteroatoms. The SMILES string of the molecule is CC(C)C(NC(=O)N1CCN(c2ncccn2)C(C)(C)C1)C(=O)c1ccc(C#N)cc1. The van der Waals surface area contributed by atoms with Crippen molar-refractivity contribution in [2.24, 2.45) is 5.92 Å². The first-order chi connectivity index (χ1) is 14.7. The van der Waals surface area contributed by atoms with E-state index in [-0.39, 0.29) is 23.3 Å². The van der Waals surface area contributed by atoms with Crippen LogP contribution in [-0.4, -0.2) is 57.9 Å². The van der Waals surface area contributed by atoms with Crippen LogP contribution in [0.1, 0.15) is 43.6 Å². The van der Waals surface area contributed by atoms with E-state index >= 15 is 0 Å². The molecule has 1 atom stereocenters. The van der Waals surface area contributed by atoms with Gasteiger partial charge < -0.3 is 15.1 Å². The van der Waals surface area contributed by atoms with Crippen molar-refractivity contribution in [1.82, 2.24) is 20.2 Å². The van der Waals surface area contributed by atoms with Crippen LogP contribution in [0, 0.1) is 17.2 Å². The standard InChI is InChI=1S/C23H28N6O2/c1-16(2)19(20(30)18-8-6-17(14-24)7-9-18)27-22(31)28-12-13-29(23(3,4)15-28)21-25-10-5-11-26-21/h5-11,16,19H,12-13,15H2,1-4H3,(H,27,31). The van der Waals surface area contributed by atoms with E-state index in [1.165, 1.54) is 0 Å². The predicted octanol–water partition coefficient (Wildman–Crippen LogP) is 2.87. The van der Waals surface area contributed by atoms with Gasteiger partial charge in [-0.2, -0.15) is 5.26 Å². The number of hydrogen-bond donors (Lipinski definition) is 1. The van der Waals surface area contributed by atoms with Crippen molar-refractivity contribution in [1.29, 1.82) is 5.26 Å². The number of rotatable bonds is 5. The lowest BCUT2D eigenvalue weighted by Crippen LogP contribution is -2.63. The largest absolute Gasteiger partial charge is 0.332 e. The van der Waals surface area contributed by atoms with Crippen LogP contribution < -0.4 is 10.2 Å². The van der Waals surface area contributed by atoms with Crippen molar-refractivity contribution in [3.63, 3.8) is 0 Å². The average molecular weight is 421 g/mol. The monoisotopic (exact) mass is 420 g/mol. The molecule has 1 aromatic carbocycles. The molecule has 2 amide bonds. The molecule has 162 valence electrons. The molecule has 0 aliphatic carbocycles. The van der Waals surface area contributed by atoms with Crippen LogP contribution in [0.25, 0.3) is 0 Å². The minimum Gasteiger partial charge on any atom is -0.332 e. The van der Waals surface area contributed by atoms with Gasteiger partial charge in [-0.3, -0.25) is 4.79 Å². The highest BCUT2D eigenvalue weighted by Crippen LogP contribution is 2.25. The third-order valence-corrected chi connectivity index (χ3v) is 5.51. The molecule has 3 rings (SSSR count). The minimum atomic E-state index is -0.654. The van der Waals surface area contributed by atoms with Crippen molar-refractivity contribution >= 4 is 17.8 Å². The van der Waals surface area contributed by atoms with Gasteiger partial charge in [0.05, 0.1) is 23.2 Å². The Kier molecular flexibility index (Phi) is 6.54. The molecule has 1 fully saturated rings. The number of nitrogens with one attached hydrogen (secondary N) is 1. The first-order valence-corrected chi connectivity index (χ1v) is 10.4. The normalized spacial score (nSPS) is 16.5. The maximum atomic E-state index is 13.0. The number of urea groups is 1. The van der Waals surface area contributed by atoms with Gasteiger partial charge in [0.1, 0.15) is 0 Å². The van der Waals surface area contributed by atoms with E-state index in [1.54, 1.807) is 47.6 Å². The number of aromatic nitrogens is 2. The van der Waals surface area contributed by atoms with Crippen molar-refractivity contribution in [3.05, 3.63) is 53.9 Å². The first kappa shape index (κ1) is 22.2. The molecule has 1 aliphatic rings. The Bertz CT molecular complexity index is 966. The number of ketones is 1. The van der Waals surface area contributed by atoms with Gasteiger partial charge >= 0.3 is 6.03 Å². The van der Waals surface area contributed by atoms with Crippen LogP contribution in [-0.2, 0) is 0 Å². The highest BCUT2D eigenvalue weighted by molar-refractivity contribution is 6.02. The summed E-state index contributed by atoms with van der Waals surface area (Å²) in [6.07, 6.45) is 3.42. The number of carbonyl (C=O) groups excluding carboxylic acids is 2. The van der Waals surface area contributed by atoms with Crippen LogP contribution in [0.5, 0.6) is 0 Å². The molecule has 2 aromatic rings. The van der Waals surface area contributed by atoms with E-state index in [1.807, 2.05) is 33.8 Å². The number of nitriles is 1. The van der Waals surface area contributed by atoms with E-state index in [0.717, 1.165) is 0 Å². The van der Waals surface area contributed by atoms with E-state index in [9.17, 15) is 9.59 Å². The summed E-state index contributed by atoms with van der Waals surface area (Å²) in [6, 6.07) is 9.38. The Hall–Kier alpha value is -3.47. The van der Waals surface area contributed by atoms with Crippen LogP contribution >= 0.6 is 0 Å². The Morgan fingerprint density at radius 3 is 2.32 bits per heavy atom. The highest BCUT2D eigenvalue weighted by atomic mass is 16.2. The fourth-order valence-corrected chi connectivity index (χ4v) is 3.78. The smallest absolute Gasteiger partial charge is 0.318 e. The van der Waals surface area contributed by atoms with Gasteiger partial charge in [-0.05, 0) is 38.0 Å². The quantitative estimate of drug-likeness (QED) is 0.746. The Labute approximate surface area is 182 Å². The zero-order valence-corrected chi connectivity index (χ0v) is 18.4. The molecule has 0 radical (unpaired) electrons. The number of nitrogens with zero attached hydrogens (tertiary/aromatic N) is 5. The summed E-state index contributed by atoms with van der Waals surface area (Å²) in [7, 11) is 0. The van der Waals surface area contributed by atoms with Gasteiger partial charge in [-0.25, -0.2) is 14.8 Å². The lowest BCUT2D eigenvalue weighted by molar-refractivity contribution is 0.0909. The lowest BCUT2D eigenvalue weighted by atomic mass is 9.94. The molecule has 0 saturated carbocycles. The fraction of sp³-hybridized carbons (Fsp3) is 0.435. The molecule has 8 nitrogen and oxygen atoms in total. The van der Waals surface area contributed by atoms with Crippen LogP contribution in [0.2, 0.25) is 0 Å². The third-order valence-electron chi connectivity index (χ3n) is 5.51. The van der Waals surface area contributed by atoms with E-state index < -0.39 is 6.04 Å². The fourth-order valence-electron chi connectivity index (χ4n) is 3.78. The molecular weight excluding hydrogens is 392 g/mol. The molecule has 0 bridgehead atoms. The predicted molar refractivity (Wildman–Crippen MR) is 118 cm³/mol. The summed E-state index contributed by atoms with van der Waals surface area (Å²) in [4.78, 5) is 38.6. The summed E-state index contributed by atoms with van der Waals surface area (Å²) in [5.74, 6) is 0.395. The van der Waals surface area contributed by atoms with E-state index in [2.05, 4.69) is 20.2 Å². The van der Waals surface area contributed by atoms with Crippen molar-refractivity contribution in [2.75, 3.05) is 24.5 Å². The summed E-state index contributed by atoms with van der Waals surface area (Å²) >= 11 is 0. The summed E-state index contributed by atoms with van der Waals surface area (Å²) < 4.78 is 0. The van der Waals surface area contributed by atoms with Gasteiger partial charge in [0.25, 0.3) is 0 Å². The van der Waals surface area contributed by atoms with E-state index in [4.69, 9.17) is 5.26 Å². The Morgan fingerprint density at radius 1 is 1.13 bits per heavy atom. The van der Waals surface area contributed by atoms with Crippen LogP contribution in [0.4, 0.5) is 10.7 Å². The first-order valence-electron chi connectivity index (χ1n) is 10.4. The van der Waals surface area contributed by atoms with Gasteiger partial charge in [0.15, 0.2) is 5.78 Å². The molecule has 2 heterocycles. The van der Waals surface area contributed by atoms with Gasteiger partial charge in [0.2, 0.25) is 5.95 Å². The van der Waals surface area contributed by atoms with Crippen molar-refractivity contribution in [2.45, 2.75) is 39.3 Å². The lowest BCUT2D eigenvalue weighted by Gasteiger charge is -2.47. The molecule has 1 N–H and O–H groups in total. The number of Topliss-reactive ketones (excluding diaryl/α,β-unsaturated/α-hetero) is 1. The number of hydrogen-bond acceptors (Lipinski definition) is 6. The Balaban J connectivity index is 1.70. The topological polar surface area (TPSA) is 102 Å². The van der Waals surface area contributed by atoms with Crippen LogP contribution in [0.15, 0.2) is 42.7 Å². The second-order valence-corrected chi connectivity index (χ2v) is 8.66. The van der Waals surface area contributed by atoms with Gasteiger partial charge in [-0.1, -0.05) is 26.0 Å². The number of piperazine rings is 1. The zero-order valence-electron chi connectivity index (χ0n) is 18.4. The average Bonchev–Trinajstić information content (AvgIpc) is 2.76.